The van der Waals surface area contributed by atoms with Crippen LogP contribution in [0, 0.1) is 11.3 Å². The lowest BCUT2D eigenvalue weighted by molar-refractivity contribution is -0.120. The third-order valence-electron chi connectivity index (χ3n) is 3.54. The Kier molecular flexibility index (Phi) is 5.06. The molecule has 0 radical (unpaired) electrons. The number of benzene rings is 1. The van der Waals surface area contributed by atoms with Gasteiger partial charge in [-0.25, -0.2) is 8.42 Å². The summed E-state index contributed by atoms with van der Waals surface area (Å²) in [7, 11) is -3.43. The van der Waals surface area contributed by atoms with Crippen LogP contribution in [0.15, 0.2) is 18.2 Å². The van der Waals surface area contributed by atoms with Gasteiger partial charge in [-0.1, -0.05) is 18.0 Å². The van der Waals surface area contributed by atoms with Crippen molar-refractivity contribution >= 4 is 33.2 Å². The summed E-state index contributed by atoms with van der Waals surface area (Å²) >= 11 is 5.92. The predicted molar refractivity (Wildman–Crippen MR) is 84.0 cm³/mol. The number of piperidine rings is 1. The summed E-state index contributed by atoms with van der Waals surface area (Å²) in [5.41, 5.74) is 0.753. The molecular weight excluding hydrogens is 326 g/mol. The van der Waals surface area contributed by atoms with Crippen LogP contribution in [0.25, 0.3) is 0 Å². The number of nitrogens with zero attached hydrogens (tertiary/aromatic N) is 2. The summed E-state index contributed by atoms with van der Waals surface area (Å²) < 4.78 is 24.8. The fourth-order valence-corrected chi connectivity index (χ4v) is 3.82. The van der Waals surface area contributed by atoms with Crippen LogP contribution in [0.2, 0.25) is 5.02 Å². The molecule has 2 rings (SSSR count). The van der Waals surface area contributed by atoms with E-state index in [1.807, 2.05) is 6.07 Å². The molecule has 1 amide bonds. The molecule has 1 aliphatic heterocycles. The van der Waals surface area contributed by atoms with Gasteiger partial charge < -0.3 is 5.32 Å². The molecule has 6 nitrogen and oxygen atoms in total. The minimum atomic E-state index is -3.43. The lowest BCUT2D eigenvalue weighted by Gasteiger charge is -2.32. The summed E-state index contributed by atoms with van der Waals surface area (Å²) in [5.74, 6) is -0.383. The fraction of sp³-hybridized carbons (Fsp3) is 0.429. The number of hydrogen-bond donors (Lipinski definition) is 1. The monoisotopic (exact) mass is 341 g/mol. The molecule has 8 heteroatoms. The average molecular weight is 342 g/mol. The van der Waals surface area contributed by atoms with Gasteiger partial charge in [0.2, 0.25) is 15.9 Å². The van der Waals surface area contributed by atoms with Crippen LogP contribution >= 0.6 is 11.6 Å². The van der Waals surface area contributed by atoms with Crippen molar-refractivity contribution < 1.29 is 13.2 Å². The van der Waals surface area contributed by atoms with Gasteiger partial charge in [0.25, 0.3) is 0 Å². The molecule has 1 N–H and O–H groups in total. The summed E-state index contributed by atoms with van der Waals surface area (Å²) in [5, 5.41) is 11.7. The lowest BCUT2D eigenvalue weighted by Crippen LogP contribution is -2.49. The van der Waals surface area contributed by atoms with E-state index >= 15 is 0 Å². The Morgan fingerprint density at radius 1 is 1.45 bits per heavy atom. The van der Waals surface area contributed by atoms with E-state index in [1.54, 1.807) is 6.07 Å². The number of carbonyl (C=O) groups excluding carboxylic acids is 1. The van der Waals surface area contributed by atoms with Crippen molar-refractivity contribution in [3.05, 3.63) is 28.8 Å². The highest BCUT2D eigenvalue weighted by Gasteiger charge is 2.34. The number of hydrogen-bond acceptors (Lipinski definition) is 4. The highest BCUT2D eigenvalue weighted by molar-refractivity contribution is 7.88. The van der Waals surface area contributed by atoms with Gasteiger partial charge >= 0.3 is 0 Å². The van der Waals surface area contributed by atoms with E-state index < -0.39 is 16.1 Å². The molecule has 1 aromatic rings. The van der Waals surface area contributed by atoms with Gasteiger partial charge in [-0.2, -0.15) is 9.57 Å². The third-order valence-corrected chi connectivity index (χ3v) is 5.14. The maximum absolute atomic E-state index is 12.4. The van der Waals surface area contributed by atoms with Crippen molar-refractivity contribution in [3.63, 3.8) is 0 Å². The first kappa shape index (κ1) is 16.7. The molecule has 0 aliphatic carbocycles. The van der Waals surface area contributed by atoms with Gasteiger partial charge in [-0.15, -0.1) is 0 Å². The topological polar surface area (TPSA) is 90.3 Å². The Morgan fingerprint density at radius 2 is 2.18 bits per heavy atom. The number of amides is 1. The second-order valence-corrected chi connectivity index (χ2v) is 7.52. The average Bonchev–Trinajstić information content (AvgIpc) is 2.46. The maximum atomic E-state index is 12.4. The smallest absolute Gasteiger partial charge is 0.242 e. The first-order valence-corrected chi connectivity index (χ1v) is 9.03. The second-order valence-electron chi connectivity index (χ2n) is 5.18. The van der Waals surface area contributed by atoms with Crippen LogP contribution in [-0.2, 0) is 14.8 Å². The zero-order valence-electron chi connectivity index (χ0n) is 12.0. The lowest BCUT2D eigenvalue weighted by atomic mass is 10.0. The van der Waals surface area contributed by atoms with Gasteiger partial charge in [0, 0.05) is 12.2 Å². The fourth-order valence-electron chi connectivity index (χ4n) is 2.47. The predicted octanol–water partition coefficient (Wildman–Crippen LogP) is 1.96. The number of halogens is 1. The van der Waals surface area contributed by atoms with Gasteiger partial charge in [0.05, 0.1) is 16.8 Å². The Hall–Kier alpha value is -1.62. The Morgan fingerprint density at radius 3 is 2.77 bits per heavy atom. The summed E-state index contributed by atoms with van der Waals surface area (Å²) in [6.45, 7) is 0.352. The standard InChI is InChI=1S/C14H16ClN3O3S/c1-22(20,21)18-7-3-2-4-13(18)14(19)17-11-6-5-10(9-16)12(15)8-11/h5-6,8,13H,2-4,7H2,1H3,(H,17,19). The van der Waals surface area contributed by atoms with Gasteiger partial charge in [0.1, 0.15) is 12.1 Å². The molecule has 0 saturated carbocycles. The van der Waals surface area contributed by atoms with Crippen LogP contribution < -0.4 is 5.32 Å². The minimum Gasteiger partial charge on any atom is -0.325 e. The SMILES string of the molecule is CS(=O)(=O)N1CCCCC1C(=O)Nc1ccc(C#N)c(Cl)c1. The highest BCUT2D eigenvalue weighted by Crippen LogP contribution is 2.23. The van der Waals surface area contributed by atoms with Gasteiger partial charge in [-0.3, -0.25) is 4.79 Å². The highest BCUT2D eigenvalue weighted by atomic mass is 35.5. The molecule has 1 atom stereocenters. The molecular formula is C14H16ClN3O3S. The van der Waals surface area contributed by atoms with Crippen LogP contribution in [0.5, 0.6) is 0 Å². The van der Waals surface area contributed by atoms with E-state index in [2.05, 4.69) is 5.32 Å². The molecule has 0 bridgehead atoms. The van der Waals surface area contributed by atoms with E-state index in [4.69, 9.17) is 16.9 Å². The van der Waals surface area contributed by atoms with Crippen molar-refractivity contribution in [2.45, 2.75) is 25.3 Å². The van der Waals surface area contributed by atoms with E-state index in [0.717, 1.165) is 19.1 Å². The maximum Gasteiger partial charge on any atom is 0.242 e. The Bertz CT molecular complexity index is 727. The van der Waals surface area contributed by atoms with Crippen molar-refractivity contribution in [3.8, 4) is 6.07 Å². The first-order valence-electron chi connectivity index (χ1n) is 6.80. The number of nitrogens with one attached hydrogen (secondary N) is 1. The number of nitriles is 1. The first-order chi connectivity index (χ1) is 10.3. The van der Waals surface area contributed by atoms with Gasteiger partial charge in [0.15, 0.2) is 0 Å². The molecule has 1 fully saturated rings. The van der Waals surface area contributed by atoms with E-state index in [9.17, 15) is 13.2 Å². The van der Waals surface area contributed by atoms with Crippen molar-refractivity contribution in [1.29, 1.82) is 5.26 Å². The third kappa shape index (κ3) is 3.77. The largest absolute Gasteiger partial charge is 0.325 e. The zero-order chi connectivity index (χ0) is 16.3. The van der Waals surface area contributed by atoms with Crippen molar-refractivity contribution in [2.75, 3.05) is 18.1 Å². The van der Waals surface area contributed by atoms with Crippen molar-refractivity contribution in [1.82, 2.24) is 4.31 Å². The molecule has 1 saturated heterocycles. The van der Waals surface area contributed by atoms with Crippen LogP contribution in [0.1, 0.15) is 24.8 Å². The normalized spacial score (nSPS) is 19.4. The summed E-state index contributed by atoms with van der Waals surface area (Å²) in [6, 6.07) is 5.77. The molecule has 22 heavy (non-hydrogen) atoms. The van der Waals surface area contributed by atoms with Crippen LogP contribution in [0.4, 0.5) is 5.69 Å². The molecule has 1 unspecified atom stereocenters. The molecule has 1 aromatic carbocycles. The number of anilines is 1. The summed E-state index contributed by atoms with van der Waals surface area (Å²) in [6.07, 6.45) is 3.15. The van der Waals surface area contributed by atoms with Crippen molar-refractivity contribution in [2.24, 2.45) is 0 Å². The summed E-state index contributed by atoms with van der Waals surface area (Å²) in [4.78, 5) is 12.4. The van der Waals surface area contributed by atoms with Gasteiger partial charge in [-0.05, 0) is 31.0 Å². The molecule has 1 heterocycles. The Labute approximate surface area is 134 Å². The quantitative estimate of drug-likeness (QED) is 0.909. The molecule has 1 aliphatic rings. The van der Waals surface area contributed by atoms with E-state index in [0.29, 0.717) is 24.2 Å². The molecule has 0 spiro atoms. The zero-order valence-corrected chi connectivity index (χ0v) is 13.6. The number of rotatable bonds is 3. The number of carbonyl (C=O) groups is 1. The van der Waals surface area contributed by atoms with Crippen LogP contribution in [-0.4, -0.2) is 37.5 Å². The Balaban J connectivity index is 2.17. The second kappa shape index (κ2) is 6.65. The van der Waals surface area contributed by atoms with E-state index in [-0.39, 0.29) is 10.9 Å². The molecule has 0 aromatic heterocycles. The van der Waals surface area contributed by atoms with Crippen LogP contribution in [0.3, 0.4) is 0 Å². The number of sulfonamides is 1. The molecule has 118 valence electrons. The minimum absolute atomic E-state index is 0.240. The van der Waals surface area contributed by atoms with E-state index in [1.165, 1.54) is 16.4 Å².